The molecular weight excluding hydrogens is 424 g/mol. The molecule has 0 aliphatic heterocycles. The van der Waals surface area contributed by atoms with E-state index >= 15 is 0 Å². The molecule has 2 rings (SSSR count). The van der Waals surface area contributed by atoms with Crippen LogP contribution in [-0.4, -0.2) is 24.0 Å². The molecule has 2 aromatic rings. The quantitative estimate of drug-likeness (QED) is 0.384. The van der Waals surface area contributed by atoms with E-state index < -0.39 is 0 Å². The van der Waals surface area contributed by atoms with Crippen LogP contribution in [0.2, 0.25) is 5.02 Å². The summed E-state index contributed by atoms with van der Waals surface area (Å²) in [5.74, 6) is 0.584. The number of ether oxygens (including phenoxy) is 1. The highest BCUT2D eigenvalue weighted by atomic mass is 79.9. The predicted octanol–water partition coefficient (Wildman–Crippen LogP) is 5.13. The molecule has 0 saturated heterocycles. The van der Waals surface area contributed by atoms with Crippen LogP contribution in [0.15, 0.2) is 56.9 Å². The smallest absolute Gasteiger partial charge is 0.253 e. The van der Waals surface area contributed by atoms with Crippen molar-refractivity contribution in [3.05, 3.63) is 57.5 Å². The third kappa shape index (κ3) is 5.76. The zero-order valence-electron chi connectivity index (χ0n) is 14.0. The lowest BCUT2D eigenvalue weighted by Gasteiger charge is -2.10. The minimum Gasteiger partial charge on any atom is -0.496 e. The number of halogens is 2. The second-order valence-electron chi connectivity index (χ2n) is 5.24. The average molecular weight is 442 g/mol. The Morgan fingerprint density at radius 3 is 2.56 bits per heavy atom. The van der Waals surface area contributed by atoms with Crippen molar-refractivity contribution in [2.24, 2.45) is 5.10 Å². The van der Waals surface area contributed by atoms with Crippen LogP contribution in [0.3, 0.4) is 0 Å². The van der Waals surface area contributed by atoms with Crippen molar-refractivity contribution in [3.8, 4) is 5.75 Å². The molecule has 0 bridgehead atoms. The molecule has 0 fully saturated rings. The first-order valence-electron chi connectivity index (χ1n) is 7.51. The van der Waals surface area contributed by atoms with E-state index in [9.17, 15) is 4.79 Å². The third-order valence-electron chi connectivity index (χ3n) is 3.40. The largest absolute Gasteiger partial charge is 0.496 e. The van der Waals surface area contributed by atoms with Gasteiger partial charge in [0.25, 0.3) is 5.91 Å². The van der Waals surface area contributed by atoms with Crippen molar-refractivity contribution < 1.29 is 9.53 Å². The maximum absolute atomic E-state index is 12.2. The van der Waals surface area contributed by atoms with Crippen molar-refractivity contribution in [2.45, 2.75) is 24.0 Å². The van der Waals surface area contributed by atoms with Crippen molar-refractivity contribution in [2.75, 3.05) is 7.11 Å². The third-order valence-corrected chi connectivity index (χ3v) is 5.38. The van der Waals surface area contributed by atoms with Gasteiger partial charge in [0.15, 0.2) is 0 Å². The van der Waals surface area contributed by atoms with Gasteiger partial charge in [0, 0.05) is 9.92 Å². The summed E-state index contributed by atoms with van der Waals surface area (Å²) >= 11 is 10.8. The minimum atomic E-state index is -0.277. The van der Waals surface area contributed by atoms with E-state index in [2.05, 4.69) is 26.5 Å². The summed E-state index contributed by atoms with van der Waals surface area (Å²) in [4.78, 5) is 13.2. The molecule has 0 heterocycles. The number of nitrogens with zero attached hydrogens (tertiary/aromatic N) is 1. The van der Waals surface area contributed by atoms with E-state index in [-0.39, 0.29) is 11.2 Å². The molecule has 2 aromatic carbocycles. The zero-order chi connectivity index (χ0) is 18.4. The van der Waals surface area contributed by atoms with Crippen molar-refractivity contribution in [3.63, 3.8) is 0 Å². The molecule has 132 valence electrons. The Morgan fingerprint density at radius 1 is 1.28 bits per heavy atom. The topological polar surface area (TPSA) is 50.7 Å². The Bertz CT molecular complexity index is 781. The molecule has 0 radical (unpaired) electrons. The van der Waals surface area contributed by atoms with Gasteiger partial charge in [-0.05, 0) is 77.8 Å². The van der Waals surface area contributed by atoms with Gasteiger partial charge in [-0.25, -0.2) is 5.43 Å². The van der Waals surface area contributed by atoms with E-state index in [1.807, 2.05) is 44.2 Å². The fourth-order valence-corrected chi connectivity index (χ4v) is 3.48. The van der Waals surface area contributed by atoms with Crippen LogP contribution in [0.5, 0.6) is 5.75 Å². The molecular formula is C18H18BrClN2O2S. The number of hydrogen-bond donors (Lipinski definition) is 1. The molecule has 0 aliphatic carbocycles. The van der Waals surface area contributed by atoms with E-state index in [1.54, 1.807) is 19.2 Å². The fourth-order valence-electron chi connectivity index (χ4n) is 1.96. The molecule has 25 heavy (non-hydrogen) atoms. The Labute approximate surface area is 165 Å². The summed E-state index contributed by atoms with van der Waals surface area (Å²) in [6, 6.07) is 13.0. The molecule has 0 unspecified atom stereocenters. The number of rotatable bonds is 6. The number of carbonyl (C=O) groups is 1. The minimum absolute atomic E-state index is 0.160. The second kappa shape index (κ2) is 9.27. The first-order valence-corrected chi connectivity index (χ1v) is 9.56. The highest BCUT2D eigenvalue weighted by Gasteiger charge is 2.14. The number of methoxy groups -OCH3 is 1. The van der Waals surface area contributed by atoms with Gasteiger partial charge in [-0.3, -0.25) is 4.79 Å². The van der Waals surface area contributed by atoms with Crippen LogP contribution >= 0.6 is 39.3 Å². The van der Waals surface area contributed by atoms with E-state index in [0.29, 0.717) is 10.7 Å². The summed E-state index contributed by atoms with van der Waals surface area (Å²) in [6.45, 7) is 3.68. The van der Waals surface area contributed by atoms with E-state index in [4.69, 9.17) is 16.3 Å². The second-order valence-corrected chi connectivity index (χ2v) is 7.94. The molecule has 1 amide bonds. The van der Waals surface area contributed by atoms with Gasteiger partial charge in [-0.1, -0.05) is 11.6 Å². The average Bonchev–Trinajstić information content (AvgIpc) is 2.61. The highest BCUT2D eigenvalue weighted by molar-refractivity contribution is 9.10. The number of hydrazone groups is 1. The van der Waals surface area contributed by atoms with Gasteiger partial charge in [-0.2, -0.15) is 5.10 Å². The van der Waals surface area contributed by atoms with Gasteiger partial charge in [-0.15, -0.1) is 11.8 Å². The van der Waals surface area contributed by atoms with Crippen LogP contribution < -0.4 is 10.2 Å². The Hall–Kier alpha value is -1.50. The standard InChI is InChI=1S/C18H18BrClN2O2S/c1-11(13-4-9-17(24-3)16(19)10-13)21-22-18(23)12(2)25-15-7-5-14(20)6-8-15/h4-10,12H,1-3H3,(H,22,23)/b21-11-/t12-/m1/s1. The zero-order valence-corrected chi connectivity index (χ0v) is 17.2. The van der Waals surface area contributed by atoms with Crippen LogP contribution in [0, 0.1) is 0 Å². The molecule has 7 heteroatoms. The number of nitrogens with one attached hydrogen (secondary N) is 1. The van der Waals surface area contributed by atoms with Crippen molar-refractivity contribution in [1.82, 2.24) is 5.43 Å². The van der Waals surface area contributed by atoms with Crippen LogP contribution in [0.25, 0.3) is 0 Å². The van der Waals surface area contributed by atoms with Gasteiger partial charge < -0.3 is 4.74 Å². The Morgan fingerprint density at radius 2 is 1.96 bits per heavy atom. The molecule has 0 aliphatic rings. The summed E-state index contributed by atoms with van der Waals surface area (Å²) in [7, 11) is 1.61. The molecule has 0 saturated carbocycles. The SMILES string of the molecule is COc1ccc(/C(C)=N\NC(=O)[C@@H](C)Sc2ccc(Cl)cc2)cc1Br. The summed E-state index contributed by atoms with van der Waals surface area (Å²) < 4.78 is 6.04. The maximum atomic E-state index is 12.2. The summed E-state index contributed by atoms with van der Waals surface area (Å²) in [5, 5.41) is 4.58. The normalized spacial score (nSPS) is 12.6. The number of benzene rings is 2. The van der Waals surface area contributed by atoms with Crippen molar-refractivity contribution in [1.29, 1.82) is 0 Å². The number of hydrogen-bond acceptors (Lipinski definition) is 4. The molecule has 0 spiro atoms. The van der Waals surface area contributed by atoms with Crippen LogP contribution in [-0.2, 0) is 4.79 Å². The maximum Gasteiger partial charge on any atom is 0.253 e. The summed E-state index contributed by atoms with van der Waals surface area (Å²) in [5.41, 5.74) is 4.22. The predicted molar refractivity (Wildman–Crippen MR) is 108 cm³/mol. The van der Waals surface area contributed by atoms with Gasteiger partial charge >= 0.3 is 0 Å². The molecule has 0 aromatic heterocycles. The first-order chi connectivity index (χ1) is 11.9. The van der Waals surface area contributed by atoms with Crippen molar-refractivity contribution >= 4 is 50.9 Å². The molecule has 1 atom stereocenters. The monoisotopic (exact) mass is 440 g/mol. The Kier molecular flexibility index (Phi) is 7.35. The van der Waals surface area contributed by atoms with E-state index in [1.165, 1.54) is 11.8 Å². The first kappa shape index (κ1) is 19.8. The van der Waals surface area contributed by atoms with Gasteiger partial charge in [0.05, 0.1) is 22.5 Å². The van der Waals surface area contributed by atoms with E-state index in [0.717, 1.165) is 20.7 Å². The lowest BCUT2D eigenvalue weighted by Crippen LogP contribution is -2.27. The summed E-state index contributed by atoms with van der Waals surface area (Å²) in [6.07, 6.45) is 0. The fraction of sp³-hybridized carbons (Fsp3) is 0.222. The number of amides is 1. The lowest BCUT2D eigenvalue weighted by molar-refractivity contribution is -0.120. The lowest BCUT2D eigenvalue weighted by atomic mass is 10.1. The molecule has 1 N–H and O–H groups in total. The Balaban J connectivity index is 1.98. The van der Waals surface area contributed by atoms with Crippen LogP contribution in [0.1, 0.15) is 19.4 Å². The molecule has 4 nitrogen and oxygen atoms in total. The van der Waals surface area contributed by atoms with Crippen LogP contribution in [0.4, 0.5) is 0 Å². The van der Waals surface area contributed by atoms with Gasteiger partial charge in [0.1, 0.15) is 5.75 Å². The number of thioether (sulfide) groups is 1. The highest BCUT2D eigenvalue weighted by Crippen LogP contribution is 2.26. The van der Waals surface area contributed by atoms with Gasteiger partial charge in [0.2, 0.25) is 0 Å². The number of carbonyl (C=O) groups excluding carboxylic acids is 1.